The molecule has 0 unspecified atom stereocenters. The largest absolute Gasteiger partial charge is 0.459 e. The quantitative estimate of drug-likeness (QED) is 0.120. The lowest BCUT2D eigenvalue weighted by Crippen LogP contribution is -2.52. The number of fused-ring (bicyclic) bond motifs is 2. The molecular formula is C48H60N14O6. The number of nitrogens with one attached hydrogen (secondary N) is 1. The van der Waals surface area contributed by atoms with Crippen molar-refractivity contribution in [3.8, 4) is 22.3 Å². The highest BCUT2D eigenvalue weighted by molar-refractivity contribution is 5.82. The van der Waals surface area contributed by atoms with Gasteiger partial charge in [-0.1, -0.05) is 30.3 Å². The predicted octanol–water partition coefficient (Wildman–Crippen LogP) is 5.83. The summed E-state index contributed by atoms with van der Waals surface area (Å²) in [5.74, 6) is 0.310. The smallest absolute Gasteiger partial charge is 0.410 e. The second-order valence-corrected chi connectivity index (χ2v) is 19.4. The molecule has 2 aliphatic rings. The number of nitrogens with zero attached hydrogens (tertiary/aromatic N) is 11. The van der Waals surface area contributed by atoms with E-state index in [1.165, 1.54) is 4.90 Å². The molecule has 20 heteroatoms. The Balaban J connectivity index is 0.000000192. The molecule has 68 heavy (non-hydrogen) atoms. The van der Waals surface area contributed by atoms with Crippen molar-refractivity contribution in [1.29, 1.82) is 0 Å². The number of aromatic nitrogens is 10. The lowest BCUT2D eigenvalue weighted by molar-refractivity contribution is -0.162. The van der Waals surface area contributed by atoms with Gasteiger partial charge >= 0.3 is 18.0 Å². The summed E-state index contributed by atoms with van der Waals surface area (Å²) in [6.07, 6.45) is 12.8. The van der Waals surface area contributed by atoms with Gasteiger partial charge in [-0.25, -0.2) is 19.6 Å². The second-order valence-electron chi connectivity index (χ2n) is 19.4. The Morgan fingerprint density at radius 2 is 1.22 bits per heavy atom. The molecule has 0 spiro atoms. The number of hydrogen-bond acceptors (Lipinski definition) is 15. The maximum absolute atomic E-state index is 13.3. The Hall–Kier alpha value is -7.35. The van der Waals surface area contributed by atoms with Crippen LogP contribution in [0, 0.1) is 0 Å². The number of carbonyl (C=O) groups is 3. The molecule has 8 heterocycles. The van der Waals surface area contributed by atoms with Crippen molar-refractivity contribution in [3.63, 3.8) is 0 Å². The van der Waals surface area contributed by atoms with Crippen LogP contribution in [0.4, 0.5) is 16.4 Å². The van der Waals surface area contributed by atoms with Crippen molar-refractivity contribution in [2.45, 2.75) is 109 Å². The molecule has 0 saturated carbocycles. The van der Waals surface area contributed by atoms with E-state index in [1.807, 2.05) is 104 Å². The van der Waals surface area contributed by atoms with Gasteiger partial charge in [0.05, 0.1) is 36.2 Å². The summed E-state index contributed by atoms with van der Waals surface area (Å²) in [5, 5.41) is 20.6. The minimum absolute atomic E-state index is 0.101. The first-order chi connectivity index (χ1) is 32.3. The zero-order valence-electron chi connectivity index (χ0n) is 39.8. The van der Waals surface area contributed by atoms with E-state index in [0.29, 0.717) is 54.4 Å². The fourth-order valence-corrected chi connectivity index (χ4v) is 8.47. The zero-order chi connectivity index (χ0) is 48.5. The van der Waals surface area contributed by atoms with Crippen LogP contribution in [0.25, 0.3) is 33.5 Å². The molecule has 4 atom stereocenters. The maximum atomic E-state index is 13.3. The van der Waals surface area contributed by atoms with Crippen molar-refractivity contribution in [1.82, 2.24) is 59.0 Å². The van der Waals surface area contributed by atoms with Gasteiger partial charge < -0.3 is 31.0 Å². The summed E-state index contributed by atoms with van der Waals surface area (Å²) in [6, 6.07) is 12.0. The van der Waals surface area contributed by atoms with E-state index in [9.17, 15) is 14.4 Å². The summed E-state index contributed by atoms with van der Waals surface area (Å²) < 4.78 is 23.5. The van der Waals surface area contributed by atoms with Crippen molar-refractivity contribution in [3.05, 3.63) is 96.6 Å². The van der Waals surface area contributed by atoms with Crippen LogP contribution >= 0.6 is 0 Å². The SMILES string of the molecule is Cn1cc(-c2cnn3c(N)cc([C@H]4CC[C@@H](C(=O)OC(C)(C)C)N(C(=O)OCc5ccccc5)C4)nc23)cn1.Cn1cc(-c2cnn3c(N)cc([C@H]4CC[C@@H](C(=O)OC(C)(C)C)NC4)nc23)cn1. The van der Waals surface area contributed by atoms with Crippen molar-refractivity contribution in [2.24, 2.45) is 14.1 Å². The third-order valence-electron chi connectivity index (χ3n) is 11.7. The Morgan fingerprint density at radius 1 is 0.691 bits per heavy atom. The van der Waals surface area contributed by atoms with E-state index >= 15 is 0 Å². The number of carbonyl (C=O) groups excluding carboxylic acids is 3. The van der Waals surface area contributed by atoms with Gasteiger partial charge in [0.15, 0.2) is 11.3 Å². The molecule has 2 aliphatic heterocycles. The van der Waals surface area contributed by atoms with E-state index < -0.39 is 29.3 Å². The number of amides is 1. The number of nitrogen functional groups attached to an aromatic ring is 2. The van der Waals surface area contributed by atoms with Crippen LogP contribution in [0.1, 0.15) is 96.0 Å². The third kappa shape index (κ3) is 10.8. The molecule has 1 amide bonds. The van der Waals surface area contributed by atoms with Gasteiger partial charge in [0.1, 0.15) is 41.5 Å². The molecule has 5 N–H and O–H groups in total. The second kappa shape index (κ2) is 19.1. The molecule has 7 aromatic rings. The van der Waals surface area contributed by atoms with Gasteiger partial charge in [-0.3, -0.25) is 19.1 Å². The fraction of sp³-hybridized carbons (Fsp3) is 0.438. The number of piperidine rings is 2. The summed E-state index contributed by atoms with van der Waals surface area (Å²) in [7, 11) is 3.72. The van der Waals surface area contributed by atoms with E-state index in [0.717, 1.165) is 39.9 Å². The fourth-order valence-electron chi connectivity index (χ4n) is 8.47. The van der Waals surface area contributed by atoms with Crippen molar-refractivity contribution < 1.29 is 28.6 Å². The van der Waals surface area contributed by atoms with E-state index in [1.54, 1.807) is 49.2 Å². The highest BCUT2D eigenvalue weighted by Gasteiger charge is 2.40. The number of anilines is 2. The molecule has 2 fully saturated rings. The summed E-state index contributed by atoms with van der Waals surface area (Å²) in [4.78, 5) is 50.0. The number of esters is 2. The Bertz CT molecular complexity index is 2920. The van der Waals surface area contributed by atoms with Crippen molar-refractivity contribution >= 4 is 41.0 Å². The average Bonchev–Trinajstić information content (AvgIpc) is 4.12. The Morgan fingerprint density at radius 3 is 1.72 bits per heavy atom. The topological polar surface area (TPSA) is 242 Å². The Kier molecular flexibility index (Phi) is 13.2. The first-order valence-corrected chi connectivity index (χ1v) is 22.7. The number of ether oxygens (including phenoxy) is 3. The number of hydrogen-bond donors (Lipinski definition) is 3. The van der Waals surface area contributed by atoms with Gasteiger partial charge in [0.25, 0.3) is 0 Å². The molecule has 2 saturated heterocycles. The van der Waals surface area contributed by atoms with Crippen LogP contribution < -0.4 is 16.8 Å². The molecule has 0 aliphatic carbocycles. The first-order valence-electron chi connectivity index (χ1n) is 22.7. The lowest BCUT2D eigenvalue weighted by atomic mass is 9.90. The monoisotopic (exact) mass is 928 g/mol. The van der Waals surface area contributed by atoms with Crippen LogP contribution in [0.2, 0.25) is 0 Å². The number of aryl methyl sites for hydroxylation is 2. The van der Waals surface area contributed by atoms with Gasteiger partial charge in [-0.15, -0.1) is 0 Å². The van der Waals surface area contributed by atoms with Gasteiger partial charge in [0, 0.05) is 85.8 Å². The highest BCUT2D eigenvalue weighted by atomic mass is 16.6. The van der Waals surface area contributed by atoms with Gasteiger partial charge in [-0.05, 0) is 72.8 Å². The molecule has 9 rings (SSSR count). The van der Waals surface area contributed by atoms with Crippen LogP contribution in [-0.2, 0) is 44.5 Å². The number of rotatable bonds is 8. The molecule has 0 bridgehead atoms. The normalized spacial score (nSPS) is 18.8. The maximum Gasteiger partial charge on any atom is 0.410 e. The van der Waals surface area contributed by atoms with Crippen LogP contribution in [-0.4, -0.2) is 108 Å². The lowest BCUT2D eigenvalue weighted by Gasteiger charge is -2.38. The molecular weight excluding hydrogens is 869 g/mol. The molecule has 0 radical (unpaired) electrons. The average molecular weight is 929 g/mol. The standard InChI is InChI=1S/C28H33N7O4.C20H27N7O2/c1-28(2,3)39-26(36)23-11-10-19(16-34(23)27(37)38-17-18-8-6-5-7-9-18)22-12-24(29)35-25(32-22)21(14-31-35)20-13-30-33(4)15-20;1-20(2,3)29-19(28)15-6-5-12(8-22-15)16-7-17(21)27-18(25-16)14(10-24-27)13-9-23-26(4)11-13/h5-9,12-15,19,23H,10-11,16-17,29H2,1-4H3;7,9-12,15,22H,5-6,8,21H2,1-4H3/t19-,23-;12-,15-/m00/s1. The highest BCUT2D eigenvalue weighted by Crippen LogP contribution is 2.35. The molecule has 358 valence electrons. The van der Waals surface area contributed by atoms with E-state index in [-0.39, 0.29) is 37.0 Å². The predicted molar refractivity (Wildman–Crippen MR) is 254 cm³/mol. The third-order valence-corrected chi connectivity index (χ3v) is 11.7. The van der Waals surface area contributed by atoms with Crippen LogP contribution in [0.3, 0.4) is 0 Å². The summed E-state index contributed by atoms with van der Waals surface area (Å²) in [5.41, 5.74) is 18.8. The first kappa shape index (κ1) is 47.2. The number of benzene rings is 1. The summed E-state index contributed by atoms with van der Waals surface area (Å²) >= 11 is 0. The Labute approximate surface area is 393 Å². The summed E-state index contributed by atoms with van der Waals surface area (Å²) in [6.45, 7) is 12.0. The minimum atomic E-state index is -0.759. The molecule has 1 aromatic carbocycles. The molecule has 6 aromatic heterocycles. The zero-order valence-corrected chi connectivity index (χ0v) is 39.8. The van der Waals surface area contributed by atoms with Crippen LogP contribution in [0.15, 0.2) is 79.6 Å². The number of likely N-dealkylation sites (tertiary alicyclic amines) is 1. The van der Waals surface area contributed by atoms with Crippen LogP contribution in [0.5, 0.6) is 0 Å². The van der Waals surface area contributed by atoms with E-state index in [4.69, 9.17) is 35.6 Å². The van der Waals surface area contributed by atoms with Gasteiger partial charge in [-0.2, -0.15) is 29.4 Å². The minimum Gasteiger partial charge on any atom is -0.459 e. The molecule has 20 nitrogen and oxygen atoms in total. The van der Waals surface area contributed by atoms with E-state index in [2.05, 4.69) is 25.7 Å². The number of nitrogens with two attached hydrogens (primary N) is 2. The van der Waals surface area contributed by atoms with Gasteiger partial charge in [0.2, 0.25) is 0 Å². The van der Waals surface area contributed by atoms with Crippen molar-refractivity contribution in [2.75, 3.05) is 24.6 Å².